The molecule has 1 amide bonds. The van der Waals surface area contributed by atoms with E-state index in [2.05, 4.69) is 15.5 Å². The molecule has 0 unspecified atom stereocenters. The van der Waals surface area contributed by atoms with Crippen LogP contribution in [0.3, 0.4) is 0 Å². The lowest BCUT2D eigenvalue weighted by molar-refractivity contribution is -0.126. The number of amides is 1. The number of rotatable bonds is 3. The summed E-state index contributed by atoms with van der Waals surface area (Å²) in [6, 6.07) is 7.88. The molecule has 1 aromatic heterocycles. The van der Waals surface area contributed by atoms with Gasteiger partial charge >= 0.3 is 0 Å². The van der Waals surface area contributed by atoms with Crippen molar-refractivity contribution >= 4 is 5.91 Å². The molecule has 1 aromatic carbocycles. The van der Waals surface area contributed by atoms with Gasteiger partial charge in [0.15, 0.2) is 0 Å². The normalized spacial score (nSPS) is 17.0. The highest BCUT2D eigenvalue weighted by Crippen LogP contribution is 2.26. The van der Waals surface area contributed by atoms with E-state index in [-0.39, 0.29) is 11.8 Å². The summed E-state index contributed by atoms with van der Waals surface area (Å²) < 4.78 is 5.66. The van der Waals surface area contributed by atoms with E-state index in [9.17, 15) is 4.79 Å². The Kier molecular flexibility index (Phi) is 3.64. The number of para-hydroxylation sites is 1. The molecular weight excluding hydrogens is 266 g/mol. The summed E-state index contributed by atoms with van der Waals surface area (Å²) in [7, 11) is 0. The summed E-state index contributed by atoms with van der Waals surface area (Å²) >= 11 is 0. The number of carbonyl (C=O) groups is 1. The molecular formula is C16H19N3O2. The fraction of sp³-hybridized carbons (Fsp3) is 0.375. The zero-order chi connectivity index (χ0) is 14.8. The monoisotopic (exact) mass is 285 g/mol. The number of ether oxygens (including phenoxy) is 1. The minimum absolute atomic E-state index is 0.0319. The van der Waals surface area contributed by atoms with E-state index in [1.165, 1.54) is 0 Å². The third-order valence-electron chi connectivity index (χ3n) is 3.97. The Labute approximate surface area is 123 Å². The smallest absolute Gasteiger partial charge is 0.227 e. The molecule has 2 N–H and O–H groups in total. The van der Waals surface area contributed by atoms with Crippen molar-refractivity contribution < 1.29 is 9.53 Å². The zero-order valence-corrected chi connectivity index (χ0v) is 12.3. The van der Waals surface area contributed by atoms with Crippen LogP contribution in [0.5, 0.6) is 5.75 Å². The first-order chi connectivity index (χ1) is 10.1. The van der Waals surface area contributed by atoms with Gasteiger partial charge in [-0.2, -0.15) is 5.10 Å². The number of hydrogen-bond acceptors (Lipinski definition) is 3. The number of aromatic nitrogens is 2. The Balaban J connectivity index is 1.62. The van der Waals surface area contributed by atoms with Gasteiger partial charge < -0.3 is 10.1 Å². The lowest BCUT2D eigenvalue weighted by Gasteiger charge is -2.24. The molecule has 21 heavy (non-hydrogen) atoms. The topological polar surface area (TPSA) is 67.0 Å². The van der Waals surface area contributed by atoms with Gasteiger partial charge in [-0.15, -0.1) is 0 Å². The van der Waals surface area contributed by atoms with Crippen LogP contribution in [0.2, 0.25) is 0 Å². The Morgan fingerprint density at radius 2 is 2.24 bits per heavy atom. The highest BCUT2D eigenvalue weighted by atomic mass is 16.5. The first-order valence-corrected chi connectivity index (χ1v) is 7.14. The second kappa shape index (κ2) is 5.60. The number of hydrogen-bond donors (Lipinski definition) is 2. The van der Waals surface area contributed by atoms with Crippen molar-refractivity contribution in [1.82, 2.24) is 15.5 Å². The maximum Gasteiger partial charge on any atom is 0.227 e. The molecule has 0 saturated carbocycles. The number of aryl methyl sites for hydroxylation is 2. The molecule has 0 spiro atoms. The second-order valence-corrected chi connectivity index (χ2v) is 5.45. The van der Waals surface area contributed by atoms with Crippen LogP contribution < -0.4 is 10.1 Å². The lowest BCUT2D eigenvalue weighted by Crippen LogP contribution is -2.37. The standard InChI is InChI=1S/C16H19N3O2/c1-10-14(11(2)19-18-10)8-17-16(20)13-7-12-5-3-4-6-15(12)21-9-13/h3-6,13H,7-9H2,1-2H3,(H,17,20)(H,18,19)/t13-/m1/s1. The van der Waals surface area contributed by atoms with E-state index >= 15 is 0 Å². The Hall–Kier alpha value is -2.30. The number of H-pyrrole nitrogens is 1. The Morgan fingerprint density at radius 3 is 3.00 bits per heavy atom. The van der Waals surface area contributed by atoms with Crippen molar-refractivity contribution in [3.05, 3.63) is 46.8 Å². The van der Waals surface area contributed by atoms with Crippen LogP contribution in [-0.2, 0) is 17.8 Å². The SMILES string of the molecule is Cc1n[nH]c(C)c1CNC(=O)[C@H]1COc2ccccc2C1. The van der Waals surface area contributed by atoms with Crippen molar-refractivity contribution in [3.8, 4) is 5.75 Å². The van der Waals surface area contributed by atoms with Crippen molar-refractivity contribution in [3.63, 3.8) is 0 Å². The minimum atomic E-state index is -0.132. The lowest BCUT2D eigenvalue weighted by atomic mass is 9.96. The first-order valence-electron chi connectivity index (χ1n) is 7.14. The van der Waals surface area contributed by atoms with Gasteiger partial charge in [-0.3, -0.25) is 9.89 Å². The van der Waals surface area contributed by atoms with Gasteiger partial charge in [0.25, 0.3) is 0 Å². The number of carbonyl (C=O) groups excluding carboxylic acids is 1. The van der Waals surface area contributed by atoms with Crippen molar-refractivity contribution in [2.75, 3.05) is 6.61 Å². The third-order valence-corrected chi connectivity index (χ3v) is 3.97. The summed E-state index contributed by atoms with van der Waals surface area (Å²) in [6.07, 6.45) is 0.728. The fourth-order valence-corrected chi connectivity index (χ4v) is 2.65. The van der Waals surface area contributed by atoms with Crippen molar-refractivity contribution in [2.45, 2.75) is 26.8 Å². The number of nitrogens with zero attached hydrogens (tertiary/aromatic N) is 1. The fourth-order valence-electron chi connectivity index (χ4n) is 2.65. The number of nitrogens with one attached hydrogen (secondary N) is 2. The van der Waals surface area contributed by atoms with Gasteiger partial charge in [-0.05, 0) is 31.9 Å². The summed E-state index contributed by atoms with van der Waals surface area (Å²) in [5.41, 5.74) is 4.08. The molecule has 2 heterocycles. The summed E-state index contributed by atoms with van der Waals surface area (Å²) in [4.78, 5) is 12.3. The average molecular weight is 285 g/mol. The predicted octanol–water partition coefficient (Wildman–Crippen LogP) is 1.89. The van der Waals surface area contributed by atoms with Gasteiger partial charge in [0, 0.05) is 17.8 Å². The minimum Gasteiger partial charge on any atom is -0.492 e. The maximum atomic E-state index is 12.3. The summed E-state index contributed by atoms with van der Waals surface area (Å²) in [6.45, 7) is 4.84. The first kappa shape index (κ1) is 13.7. The van der Waals surface area contributed by atoms with Crippen LogP contribution in [0, 0.1) is 19.8 Å². The van der Waals surface area contributed by atoms with Gasteiger partial charge in [-0.1, -0.05) is 18.2 Å². The molecule has 0 saturated heterocycles. The van der Waals surface area contributed by atoms with Gasteiger partial charge in [0.2, 0.25) is 5.91 Å². The van der Waals surface area contributed by atoms with E-state index in [4.69, 9.17) is 4.74 Å². The van der Waals surface area contributed by atoms with Gasteiger partial charge in [-0.25, -0.2) is 0 Å². The Bertz CT molecular complexity index is 644. The molecule has 0 aliphatic carbocycles. The third kappa shape index (κ3) is 2.77. The summed E-state index contributed by atoms with van der Waals surface area (Å²) in [5, 5.41) is 10.1. The highest BCUT2D eigenvalue weighted by Gasteiger charge is 2.25. The van der Waals surface area contributed by atoms with E-state index < -0.39 is 0 Å². The van der Waals surface area contributed by atoms with E-state index in [0.717, 1.165) is 34.7 Å². The van der Waals surface area contributed by atoms with Crippen molar-refractivity contribution in [1.29, 1.82) is 0 Å². The number of fused-ring (bicyclic) bond motifs is 1. The van der Waals surface area contributed by atoms with Gasteiger partial charge in [0.05, 0.1) is 11.6 Å². The quantitative estimate of drug-likeness (QED) is 0.905. The molecule has 1 aliphatic rings. The van der Waals surface area contributed by atoms with E-state index in [0.29, 0.717) is 13.2 Å². The molecule has 0 bridgehead atoms. The molecule has 1 aliphatic heterocycles. The average Bonchev–Trinajstić information content (AvgIpc) is 2.83. The van der Waals surface area contributed by atoms with Gasteiger partial charge in [0.1, 0.15) is 12.4 Å². The molecule has 2 aromatic rings. The number of benzene rings is 1. The van der Waals surface area contributed by atoms with E-state index in [1.54, 1.807) is 0 Å². The predicted molar refractivity (Wildman–Crippen MR) is 79.0 cm³/mol. The Morgan fingerprint density at radius 1 is 1.43 bits per heavy atom. The summed E-state index contributed by atoms with van der Waals surface area (Å²) in [5.74, 6) is 0.792. The second-order valence-electron chi connectivity index (χ2n) is 5.45. The highest BCUT2D eigenvalue weighted by molar-refractivity contribution is 5.79. The van der Waals surface area contributed by atoms with Crippen molar-refractivity contribution in [2.24, 2.45) is 5.92 Å². The number of aromatic amines is 1. The van der Waals surface area contributed by atoms with Crippen LogP contribution in [0.1, 0.15) is 22.5 Å². The van der Waals surface area contributed by atoms with E-state index in [1.807, 2.05) is 38.1 Å². The molecule has 1 atom stereocenters. The largest absolute Gasteiger partial charge is 0.492 e. The molecule has 0 fully saturated rings. The molecule has 110 valence electrons. The zero-order valence-electron chi connectivity index (χ0n) is 12.3. The van der Waals surface area contributed by atoms with Crippen LogP contribution in [-0.4, -0.2) is 22.7 Å². The molecule has 5 heteroatoms. The molecule has 3 rings (SSSR count). The van der Waals surface area contributed by atoms with Crippen LogP contribution in [0.15, 0.2) is 24.3 Å². The molecule has 5 nitrogen and oxygen atoms in total. The van der Waals surface area contributed by atoms with Crippen LogP contribution in [0.25, 0.3) is 0 Å². The maximum absolute atomic E-state index is 12.3. The van der Waals surface area contributed by atoms with Crippen LogP contribution >= 0.6 is 0 Å². The molecule has 0 radical (unpaired) electrons. The van der Waals surface area contributed by atoms with Crippen LogP contribution in [0.4, 0.5) is 0 Å².